The average molecular weight is 618 g/mol. The van der Waals surface area contributed by atoms with Crippen LogP contribution in [0.2, 0.25) is 0 Å². The van der Waals surface area contributed by atoms with Crippen molar-refractivity contribution in [2.24, 2.45) is 5.92 Å². The number of pyridine rings is 2. The average Bonchev–Trinajstić information content (AvgIpc) is 3.36. The predicted molar refractivity (Wildman–Crippen MR) is 168 cm³/mol. The second kappa shape index (κ2) is 12.6. The number of hydrogen-bond acceptors (Lipinski definition) is 8. The van der Waals surface area contributed by atoms with E-state index in [1.54, 1.807) is 12.1 Å². The lowest BCUT2D eigenvalue weighted by atomic mass is 9.90. The van der Waals surface area contributed by atoms with E-state index >= 15 is 0 Å². The lowest BCUT2D eigenvalue weighted by Gasteiger charge is -2.37. The monoisotopic (exact) mass is 617 g/mol. The third kappa shape index (κ3) is 6.99. The van der Waals surface area contributed by atoms with Crippen molar-refractivity contribution < 1.29 is 22.3 Å². The summed E-state index contributed by atoms with van der Waals surface area (Å²) >= 11 is 0. The van der Waals surface area contributed by atoms with Gasteiger partial charge in [0.25, 0.3) is 15.9 Å². The van der Waals surface area contributed by atoms with Gasteiger partial charge < -0.3 is 15.4 Å². The van der Waals surface area contributed by atoms with Crippen LogP contribution in [0.5, 0.6) is 5.75 Å². The maximum atomic E-state index is 14.7. The lowest BCUT2D eigenvalue weighted by molar-refractivity contribution is 0.0981. The number of benzene rings is 2. The first-order valence-corrected chi connectivity index (χ1v) is 16.0. The summed E-state index contributed by atoms with van der Waals surface area (Å²) in [5.41, 5.74) is 7.33. The molecule has 230 valence electrons. The number of rotatable bonds is 10. The van der Waals surface area contributed by atoms with Crippen LogP contribution in [0.1, 0.15) is 49.5 Å². The highest BCUT2D eigenvalue weighted by Gasteiger charge is 2.39. The minimum Gasteiger partial charge on any atom is -0.493 e. The van der Waals surface area contributed by atoms with Crippen LogP contribution in [0.3, 0.4) is 0 Å². The smallest absolute Gasteiger partial charge is 0.281 e. The molecule has 9 nitrogen and oxygen atoms in total. The van der Waals surface area contributed by atoms with Crippen LogP contribution in [-0.4, -0.2) is 43.0 Å². The molecule has 3 heterocycles. The van der Waals surface area contributed by atoms with Crippen molar-refractivity contribution >= 4 is 27.6 Å². The Morgan fingerprint density at radius 3 is 2.57 bits per heavy atom. The van der Waals surface area contributed by atoms with Crippen molar-refractivity contribution in [3.63, 3.8) is 0 Å². The molecule has 1 atom stereocenters. The Hall–Kier alpha value is -4.51. The topological polar surface area (TPSA) is 128 Å². The number of nitrogens with two attached hydrogens (primary N) is 1. The number of carbonyl (C=O) groups excluding carboxylic acids is 1. The van der Waals surface area contributed by atoms with Gasteiger partial charge in [-0.05, 0) is 74.1 Å². The largest absolute Gasteiger partial charge is 0.493 e. The van der Waals surface area contributed by atoms with Crippen molar-refractivity contribution in [2.45, 2.75) is 50.6 Å². The van der Waals surface area contributed by atoms with E-state index in [1.165, 1.54) is 36.4 Å². The number of sulfonamides is 1. The molecule has 44 heavy (non-hydrogen) atoms. The van der Waals surface area contributed by atoms with Crippen LogP contribution in [0.25, 0.3) is 11.3 Å². The Morgan fingerprint density at radius 1 is 1.07 bits per heavy atom. The van der Waals surface area contributed by atoms with E-state index in [0.717, 1.165) is 18.4 Å². The second-order valence-electron chi connectivity index (χ2n) is 11.7. The maximum absolute atomic E-state index is 14.7. The van der Waals surface area contributed by atoms with Crippen LogP contribution in [0, 0.1) is 11.7 Å². The van der Waals surface area contributed by atoms with Crippen molar-refractivity contribution in [3.05, 3.63) is 95.8 Å². The number of carbonyl (C=O) groups is 1. The summed E-state index contributed by atoms with van der Waals surface area (Å²) in [5.74, 6) is -0.414. The molecule has 0 bridgehead atoms. The molecule has 0 aliphatic carbocycles. The number of nitrogen functional groups attached to an aromatic ring is 1. The summed E-state index contributed by atoms with van der Waals surface area (Å²) < 4.78 is 48.8. The molecule has 1 saturated heterocycles. The van der Waals surface area contributed by atoms with Crippen LogP contribution < -0.4 is 20.1 Å². The first-order valence-electron chi connectivity index (χ1n) is 14.5. The van der Waals surface area contributed by atoms with Gasteiger partial charge in [0.2, 0.25) is 0 Å². The summed E-state index contributed by atoms with van der Waals surface area (Å²) in [6.45, 7) is 7.13. The standard InChI is InChI=1S/C33H36FN5O4S/c1-22(2)21-43-26-18-24(17-25(34)19-26)28-14-13-27(32(40)38-44(41,42)30-12-7-11-29(35)37-30)31(36-28)39-16-8-15-33(39,3)20-23-9-5-4-6-10-23/h4-7,9-14,17-19,22H,8,15-16,20-21H2,1-3H3,(H2,35,37)(H,38,40). The number of nitrogens with one attached hydrogen (secondary N) is 1. The van der Waals surface area contributed by atoms with Gasteiger partial charge in [0.15, 0.2) is 5.03 Å². The van der Waals surface area contributed by atoms with Crippen molar-refractivity contribution in [3.8, 4) is 17.0 Å². The van der Waals surface area contributed by atoms with Gasteiger partial charge in [-0.3, -0.25) is 4.79 Å². The molecule has 0 radical (unpaired) electrons. The van der Waals surface area contributed by atoms with Crippen LogP contribution in [0.4, 0.5) is 16.0 Å². The maximum Gasteiger partial charge on any atom is 0.281 e. The summed E-state index contributed by atoms with van der Waals surface area (Å²) in [4.78, 5) is 24.5. The van der Waals surface area contributed by atoms with Crippen LogP contribution >= 0.6 is 0 Å². The van der Waals surface area contributed by atoms with Crippen molar-refractivity contribution in [1.82, 2.24) is 14.7 Å². The van der Waals surface area contributed by atoms with Gasteiger partial charge in [-0.15, -0.1) is 0 Å². The molecule has 2 aromatic heterocycles. The zero-order valence-electron chi connectivity index (χ0n) is 25.0. The zero-order valence-corrected chi connectivity index (χ0v) is 25.8. The van der Waals surface area contributed by atoms with Crippen LogP contribution in [0.15, 0.2) is 83.9 Å². The van der Waals surface area contributed by atoms with Gasteiger partial charge in [0, 0.05) is 23.7 Å². The van der Waals surface area contributed by atoms with Crippen molar-refractivity contribution in [2.75, 3.05) is 23.8 Å². The number of amides is 1. The fourth-order valence-electron chi connectivity index (χ4n) is 5.46. The molecule has 1 aliphatic rings. The Kier molecular flexibility index (Phi) is 8.87. The van der Waals surface area contributed by atoms with Crippen LogP contribution in [-0.2, 0) is 16.4 Å². The van der Waals surface area contributed by atoms with E-state index in [-0.39, 0.29) is 22.3 Å². The summed E-state index contributed by atoms with van der Waals surface area (Å²) in [5, 5.41) is -0.374. The molecule has 1 unspecified atom stereocenters. The Balaban J connectivity index is 1.57. The number of hydrogen-bond donors (Lipinski definition) is 2. The van der Waals surface area contributed by atoms with Gasteiger partial charge in [0.1, 0.15) is 23.2 Å². The summed E-state index contributed by atoms with van der Waals surface area (Å²) in [6, 6.07) is 21.7. The molecular formula is C33H36FN5O4S. The van der Waals surface area contributed by atoms with E-state index in [0.29, 0.717) is 42.4 Å². The summed E-state index contributed by atoms with van der Waals surface area (Å²) in [6.07, 6.45) is 2.35. The van der Waals surface area contributed by atoms with Gasteiger partial charge in [-0.1, -0.05) is 50.2 Å². The number of anilines is 2. The highest BCUT2D eigenvalue weighted by atomic mass is 32.2. The highest BCUT2D eigenvalue weighted by molar-refractivity contribution is 7.90. The molecule has 1 amide bonds. The number of halogens is 1. The van der Waals surface area contributed by atoms with E-state index in [1.807, 2.05) is 32.0 Å². The Labute approximate surface area is 257 Å². The van der Waals surface area contributed by atoms with E-state index < -0.39 is 27.3 Å². The van der Waals surface area contributed by atoms with Gasteiger partial charge in [-0.25, -0.2) is 19.1 Å². The van der Waals surface area contributed by atoms with Crippen molar-refractivity contribution in [1.29, 1.82) is 0 Å². The third-order valence-corrected chi connectivity index (χ3v) is 8.78. The van der Waals surface area contributed by atoms with E-state index in [4.69, 9.17) is 15.5 Å². The van der Waals surface area contributed by atoms with Gasteiger partial charge in [-0.2, -0.15) is 8.42 Å². The first kappa shape index (κ1) is 30.9. The minimum atomic E-state index is -4.34. The first-order chi connectivity index (χ1) is 20.9. The molecule has 3 N–H and O–H groups in total. The van der Waals surface area contributed by atoms with Gasteiger partial charge >= 0.3 is 0 Å². The summed E-state index contributed by atoms with van der Waals surface area (Å²) in [7, 11) is -4.34. The Bertz CT molecular complexity index is 1770. The van der Waals surface area contributed by atoms with Gasteiger partial charge in [0.05, 0.1) is 17.9 Å². The quantitative estimate of drug-likeness (QED) is 0.235. The predicted octanol–water partition coefficient (Wildman–Crippen LogP) is 5.62. The Morgan fingerprint density at radius 2 is 1.84 bits per heavy atom. The molecule has 2 aromatic carbocycles. The zero-order chi connectivity index (χ0) is 31.5. The minimum absolute atomic E-state index is 0.00705. The number of ether oxygens (including phenoxy) is 1. The molecular weight excluding hydrogens is 581 g/mol. The molecule has 0 spiro atoms. The molecule has 1 fully saturated rings. The fourth-order valence-corrected chi connectivity index (χ4v) is 6.40. The molecule has 4 aromatic rings. The third-order valence-electron chi connectivity index (χ3n) is 7.55. The fraction of sp³-hybridized carbons (Fsp3) is 0.303. The van der Waals surface area contributed by atoms with E-state index in [9.17, 15) is 17.6 Å². The lowest BCUT2D eigenvalue weighted by Crippen LogP contribution is -2.45. The molecule has 5 rings (SSSR count). The normalized spacial score (nSPS) is 16.7. The number of nitrogens with zero attached hydrogens (tertiary/aromatic N) is 3. The SMILES string of the molecule is CC(C)COc1cc(F)cc(-c2ccc(C(=O)NS(=O)(=O)c3cccc(N)n3)c(N3CCCC3(C)Cc3ccccc3)n2)c1. The molecule has 1 aliphatic heterocycles. The second-order valence-corrected chi connectivity index (χ2v) is 13.3. The number of aromatic nitrogens is 2. The van der Waals surface area contributed by atoms with E-state index in [2.05, 4.69) is 33.7 Å². The molecule has 0 saturated carbocycles. The molecule has 11 heteroatoms. The highest BCUT2D eigenvalue weighted by Crippen LogP contribution is 2.39.